The molecule has 1 nitrogen and oxygen atoms in total. The van der Waals surface area contributed by atoms with Crippen LogP contribution >= 0.6 is 11.8 Å². The van der Waals surface area contributed by atoms with Crippen LogP contribution in [0.15, 0.2) is 0 Å². The molecular weight excluding hydrogens is 226 g/mol. The number of nitrogens with zero attached hydrogens (tertiary/aromatic N) is 1. The van der Waals surface area contributed by atoms with Gasteiger partial charge in [-0.1, -0.05) is 40.0 Å². The van der Waals surface area contributed by atoms with Crippen LogP contribution in [0.4, 0.5) is 0 Å². The lowest BCUT2D eigenvalue weighted by Crippen LogP contribution is -2.46. The number of nitriles is 1. The maximum atomic E-state index is 9.48. The predicted octanol–water partition coefficient (Wildman–Crippen LogP) is 4.77. The van der Waals surface area contributed by atoms with Crippen molar-refractivity contribution in [2.75, 3.05) is 0 Å². The highest BCUT2D eigenvalue weighted by molar-refractivity contribution is 8.01. The van der Waals surface area contributed by atoms with Gasteiger partial charge in [0.25, 0.3) is 0 Å². The lowest BCUT2D eigenvalue weighted by atomic mass is 9.63. The summed E-state index contributed by atoms with van der Waals surface area (Å²) in [7, 11) is 0. The molecule has 0 spiro atoms. The normalized spacial score (nSPS) is 35.1. The minimum atomic E-state index is -0.0278. The lowest BCUT2D eigenvalue weighted by Gasteiger charge is -2.49. The molecule has 2 saturated carbocycles. The van der Waals surface area contributed by atoms with E-state index in [9.17, 15) is 5.26 Å². The topological polar surface area (TPSA) is 23.8 Å². The van der Waals surface area contributed by atoms with Gasteiger partial charge in [0.05, 0.1) is 6.07 Å². The molecule has 0 aromatic carbocycles. The van der Waals surface area contributed by atoms with Crippen LogP contribution in [0, 0.1) is 22.7 Å². The zero-order chi connectivity index (χ0) is 12.5. The highest BCUT2D eigenvalue weighted by Gasteiger charge is 2.50. The molecule has 0 atom stereocenters. The van der Waals surface area contributed by atoms with Gasteiger partial charge in [0, 0.05) is 5.25 Å². The van der Waals surface area contributed by atoms with Crippen LogP contribution in [-0.2, 0) is 0 Å². The van der Waals surface area contributed by atoms with E-state index in [1.807, 2.05) is 11.8 Å². The van der Waals surface area contributed by atoms with Gasteiger partial charge in [-0.2, -0.15) is 5.26 Å². The standard InChI is InChI=1S/C15H25NS/c1-14(2,3)12-9-15(10-12,11-16)17-13-7-5-4-6-8-13/h12-13H,4-10H2,1-3H3. The maximum Gasteiger partial charge on any atom is 0.103 e. The highest BCUT2D eigenvalue weighted by atomic mass is 32.2. The Morgan fingerprint density at radius 3 is 2.18 bits per heavy atom. The van der Waals surface area contributed by atoms with Crippen LogP contribution in [0.2, 0.25) is 0 Å². The summed E-state index contributed by atoms with van der Waals surface area (Å²) in [5, 5.41) is 10.2. The van der Waals surface area contributed by atoms with Crippen LogP contribution in [0.5, 0.6) is 0 Å². The van der Waals surface area contributed by atoms with E-state index in [0.717, 1.165) is 24.0 Å². The average molecular weight is 251 g/mol. The van der Waals surface area contributed by atoms with E-state index in [2.05, 4.69) is 26.8 Å². The summed E-state index contributed by atoms with van der Waals surface area (Å²) in [6.45, 7) is 6.93. The predicted molar refractivity (Wildman–Crippen MR) is 75.0 cm³/mol. The molecule has 0 aromatic rings. The highest BCUT2D eigenvalue weighted by Crippen LogP contribution is 2.56. The summed E-state index contributed by atoms with van der Waals surface area (Å²) in [4.78, 5) is 0. The Morgan fingerprint density at radius 1 is 1.12 bits per heavy atom. The molecule has 0 N–H and O–H groups in total. The molecule has 2 fully saturated rings. The molecule has 0 aromatic heterocycles. The van der Waals surface area contributed by atoms with Gasteiger partial charge in [0.15, 0.2) is 0 Å². The zero-order valence-corrected chi connectivity index (χ0v) is 12.3. The largest absolute Gasteiger partial charge is 0.197 e. The van der Waals surface area contributed by atoms with E-state index < -0.39 is 0 Å². The molecule has 0 aliphatic heterocycles. The van der Waals surface area contributed by atoms with E-state index in [1.54, 1.807) is 0 Å². The van der Waals surface area contributed by atoms with Crippen molar-refractivity contribution in [3.8, 4) is 6.07 Å². The van der Waals surface area contributed by atoms with Gasteiger partial charge >= 0.3 is 0 Å². The molecule has 2 aliphatic rings. The number of rotatable bonds is 2. The van der Waals surface area contributed by atoms with Gasteiger partial charge in [0.1, 0.15) is 4.75 Å². The Hall–Kier alpha value is -0.160. The van der Waals surface area contributed by atoms with Crippen molar-refractivity contribution < 1.29 is 0 Å². The third-order valence-corrected chi connectivity index (χ3v) is 6.21. The molecule has 2 aliphatic carbocycles. The van der Waals surface area contributed by atoms with Crippen LogP contribution in [0.25, 0.3) is 0 Å². The van der Waals surface area contributed by atoms with Gasteiger partial charge in [-0.3, -0.25) is 0 Å². The summed E-state index contributed by atoms with van der Waals surface area (Å²) in [6.07, 6.45) is 9.08. The van der Waals surface area contributed by atoms with E-state index in [4.69, 9.17) is 0 Å². The smallest absolute Gasteiger partial charge is 0.103 e. The van der Waals surface area contributed by atoms with Crippen molar-refractivity contribution in [2.24, 2.45) is 11.3 Å². The second kappa shape index (κ2) is 4.84. The quantitative estimate of drug-likeness (QED) is 0.706. The second-order valence-corrected chi connectivity index (χ2v) is 8.64. The second-order valence-electron chi connectivity index (χ2n) is 6.96. The molecule has 2 heteroatoms. The van der Waals surface area contributed by atoms with E-state index in [-0.39, 0.29) is 4.75 Å². The van der Waals surface area contributed by atoms with Crippen molar-refractivity contribution in [3.63, 3.8) is 0 Å². The SMILES string of the molecule is CC(C)(C)C1CC(C#N)(SC2CCCCC2)C1. The Balaban J connectivity index is 1.88. The fourth-order valence-electron chi connectivity index (χ4n) is 3.06. The summed E-state index contributed by atoms with van der Waals surface area (Å²) in [6, 6.07) is 2.63. The average Bonchev–Trinajstić information content (AvgIpc) is 2.23. The first-order valence-electron chi connectivity index (χ1n) is 7.04. The van der Waals surface area contributed by atoms with Crippen molar-refractivity contribution in [1.29, 1.82) is 5.26 Å². The monoisotopic (exact) mass is 251 g/mol. The Morgan fingerprint density at radius 2 is 1.71 bits per heavy atom. The molecular formula is C15H25NS. The van der Waals surface area contributed by atoms with Crippen LogP contribution in [-0.4, -0.2) is 10.00 Å². The van der Waals surface area contributed by atoms with Gasteiger partial charge < -0.3 is 0 Å². The van der Waals surface area contributed by atoms with Crippen molar-refractivity contribution >= 4 is 11.8 Å². The first-order valence-corrected chi connectivity index (χ1v) is 7.92. The third-order valence-electron chi connectivity index (χ3n) is 4.53. The molecule has 0 bridgehead atoms. The fraction of sp³-hybridized carbons (Fsp3) is 0.933. The van der Waals surface area contributed by atoms with Crippen LogP contribution in [0.1, 0.15) is 65.7 Å². The Bertz CT molecular complexity index is 298. The summed E-state index contributed by atoms with van der Waals surface area (Å²) < 4.78 is -0.0278. The Kier molecular flexibility index (Phi) is 3.78. The first kappa shape index (κ1) is 13.3. The Labute approximate surface area is 110 Å². The van der Waals surface area contributed by atoms with Crippen LogP contribution in [0.3, 0.4) is 0 Å². The minimum Gasteiger partial charge on any atom is -0.197 e. The zero-order valence-electron chi connectivity index (χ0n) is 11.5. The molecule has 2 rings (SSSR count). The first-order chi connectivity index (χ1) is 7.95. The maximum absolute atomic E-state index is 9.48. The minimum absolute atomic E-state index is 0.0278. The van der Waals surface area contributed by atoms with Crippen molar-refractivity contribution in [1.82, 2.24) is 0 Å². The number of thioether (sulfide) groups is 1. The molecule has 0 radical (unpaired) electrons. The molecule has 0 saturated heterocycles. The van der Waals surface area contributed by atoms with Crippen molar-refractivity contribution in [2.45, 2.75) is 75.7 Å². The fourth-order valence-corrected chi connectivity index (χ4v) is 4.92. The number of hydrogen-bond donors (Lipinski definition) is 0. The summed E-state index contributed by atoms with van der Waals surface area (Å²) in [5.74, 6) is 0.748. The molecule has 0 heterocycles. The van der Waals surface area contributed by atoms with E-state index in [1.165, 1.54) is 32.1 Å². The lowest BCUT2D eigenvalue weighted by molar-refractivity contribution is 0.122. The van der Waals surface area contributed by atoms with Gasteiger partial charge in [-0.25, -0.2) is 0 Å². The van der Waals surface area contributed by atoms with Gasteiger partial charge in [-0.15, -0.1) is 11.8 Å². The van der Waals surface area contributed by atoms with Crippen molar-refractivity contribution in [3.05, 3.63) is 0 Å². The number of hydrogen-bond acceptors (Lipinski definition) is 2. The van der Waals surface area contributed by atoms with Gasteiger partial charge in [-0.05, 0) is 37.0 Å². The van der Waals surface area contributed by atoms with E-state index in [0.29, 0.717) is 5.41 Å². The van der Waals surface area contributed by atoms with E-state index >= 15 is 0 Å². The van der Waals surface area contributed by atoms with Crippen LogP contribution < -0.4 is 0 Å². The molecule has 96 valence electrons. The molecule has 0 amide bonds. The molecule has 0 unspecified atom stereocenters. The molecule has 17 heavy (non-hydrogen) atoms. The summed E-state index contributed by atoms with van der Waals surface area (Å²) >= 11 is 2.01. The third kappa shape index (κ3) is 2.99. The van der Waals surface area contributed by atoms with Gasteiger partial charge in [0.2, 0.25) is 0 Å². The summed E-state index contributed by atoms with van der Waals surface area (Å²) in [5.41, 5.74) is 0.382.